The van der Waals surface area contributed by atoms with Gasteiger partial charge in [-0.3, -0.25) is 4.68 Å². The fourth-order valence-corrected chi connectivity index (χ4v) is 5.37. The van der Waals surface area contributed by atoms with Crippen molar-refractivity contribution in [1.82, 2.24) is 19.8 Å². The Labute approximate surface area is 244 Å². The van der Waals surface area contributed by atoms with Crippen LogP contribution in [0.2, 0.25) is 0 Å². The molecule has 0 saturated heterocycles. The Morgan fingerprint density at radius 3 is 2.71 bits per heavy atom. The summed E-state index contributed by atoms with van der Waals surface area (Å²) in [6, 6.07) is 23.2. The van der Waals surface area contributed by atoms with Crippen molar-refractivity contribution in [2.45, 2.75) is 44.9 Å². The van der Waals surface area contributed by atoms with Crippen LogP contribution in [0.25, 0.3) is 22.2 Å². The monoisotopic (exact) mass is 566 g/mol. The minimum absolute atomic E-state index is 0.0188. The Kier molecular flexibility index (Phi) is 7.45. The highest BCUT2D eigenvalue weighted by Gasteiger charge is 2.25. The van der Waals surface area contributed by atoms with Gasteiger partial charge in [-0.15, -0.1) is 0 Å². The molecular formula is C33H35FN6O2. The number of fused-ring (bicyclic) bond motifs is 8. The maximum atomic E-state index is 15.5. The highest BCUT2D eigenvalue weighted by Crippen LogP contribution is 2.36. The van der Waals surface area contributed by atoms with E-state index < -0.39 is 11.4 Å². The van der Waals surface area contributed by atoms with E-state index in [1.807, 2.05) is 73.3 Å². The lowest BCUT2D eigenvalue weighted by atomic mass is 10.0. The quantitative estimate of drug-likeness (QED) is 0.197. The zero-order valence-electron chi connectivity index (χ0n) is 23.8. The second-order valence-corrected chi connectivity index (χ2v) is 11.1. The summed E-state index contributed by atoms with van der Waals surface area (Å²) >= 11 is 0. The van der Waals surface area contributed by atoms with Gasteiger partial charge in [0, 0.05) is 53.3 Å². The second kappa shape index (κ2) is 11.3. The van der Waals surface area contributed by atoms with Gasteiger partial charge in [-0.1, -0.05) is 42.5 Å². The molecule has 1 atom stereocenters. The predicted octanol–water partition coefficient (Wildman–Crippen LogP) is 6.62. The molecule has 42 heavy (non-hydrogen) atoms. The average molecular weight is 567 g/mol. The van der Waals surface area contributed by atoms with Gasteiger partial charge in [-0.25, -0.2) is 10.2 Å². The number of benzene rings is 3. The number of nitrogens with zero attached hydrogens (tertiary/aromatic N) is 3. The summed E-state index contributed by atoms with van der Waals surface area (Å²) in [5.74, 6) is 6.52. The van der Waals surface area contributed by atoms with Crippen LogP contribution in [0, 0.1) is 5.82 Å². The first kappa shape index (κ1) is 27.6. The van der Waals surface area contributed by atoms with Crippen molar-refractivity contribution < 1.29 is 13.9 Å². The zero-order valence-corrected chi connectivity index (χ0v) is 23.8. The molecule has 216 valence electrons. The van der Waals surface area contributed by atoms with E-state index >= 15 is 4.39 Å². The summed E-state index contributed by atoms with van der Waals surface area (Å²) in [4.78, 5) is 3.08. The van der Waals surface area contributed by atoms with Gasteiger partial charge < -0.3 is 25.2 Å². The van der Waals surface area contributed by atoms with Crippen molar-refractivity contribution in [3.8, 4) is 22.8 Å². The van der Waals surface area contributed by atoms with Crippen LogP contribution in [-0.2, 0) is 11.3 Å². The molecule has 1 aliphatic heterocycles. The number of nitrogens with one attached hydrogen (secondary N) is 1. The van der Waals surface area contributed by atoms with Crippen molar-refractivity contribution in [1.29, 1.82) is 0 Å². The molecule has 0 saturated carbocycles. The number of nitrogens with two attached hydrogens (primary N) is 2. The molecule has 9 heteroatoms. The molecule has 0 fully saturated rings. The topological polar surface area (TPSA) is 107 Å². The summed E-state index contributed by atoms with van der Waals surface area (Å²) in [5.41, 5.74) is 10.2. The number of halogens is 1. The van der Waals surface area contributed by atoms with Crippen LogP contribution in [0.4, 0.5) is 4.39 Å². The maximum absolute atomic E-state index is 15.5. The number of rotatable bonds is 1. The van der Waals surface area contributed by atoms with Crippen LogP contribution in [0.15, 0.2) is 97.1 Å². The molecule has 1 unspecified atom stereocenters. The number of H-pyrrole nitrogens is 1. The number of aromatic amines is 1. The Morgan fingerprint density at radius 2 is 1.88 bits per heavy atom. The van der Waals surface area contributed by atoms with Gasteiger partial charge in [0.25, 0.3) is 0 Å². The molecule has 2 aromatic heterocycles. The Morgan fingerprint density at radius 1 is 1.05 bits per heavy atom. The lowest BCUT2D eigenvalue weighted by molar-refractivity contribution is 0.00550. The second-order valence-electron chi connectivity index (χ2n) is 11.1. The molecule has 5 N–H and O–H groups in total. The van der Waals surface area contributed by atoms with Gasteiger partial charge in [-0.05, 0) is 56.5 Å². The Bertz CT molecular complexity index is 1730. The van der Waals surface area contributed by atoms with E-state index in [-0.39, 0.29) is 18.3 Å². The van der Waals surface area contributed by atoms with E-state index in [1.54, 1.807) is 18.5 Å². The molecule has 0 aliphatic carbocycles. The smallest absolute Gasteiger partial charge is 0.168 e. The van der Waals surface area contributed by atoms with Crippen molar-refractivity contribution in [2.24, 2.45) is 11.6 Å². The van der Waals surface area contributed by atoms with E-state index in [0.29, 0.717) is 29.1 Å². The summed E-state index contributed by atoms with van der Waals surface area (Å²) in [7, 11) is 0. The molecule has 6 rings (SSSR count). The number of hydrogen-bond donors (Lipinski definition) is 3. The summed E-state index contributed by atoms with van der Waals surface area (Å²) in [5, 5.41) is 7.20. The third kappa shape index (κ3) is 5.61. The van der Waals surface area contributed by atoms with Gasteiger partial charge in [0.15, 0.2) is 11.6 Å². The first-order valence-corrected chi connectivity index (χ1v) is 14.1. The lowest BCUT2D eigenvalue weighted by Crippen LogP contribution is -2.36. The van der Waals surface area contributed by atoms with E-state index in [0.717, 1.165) is 35.0 Å². The molecule has 3 aromatic carbocycles. The fraction of sp³-hybridized carbons (Fsp3) is 0.242. The minimum atomic E-state index is -0.772. The van der Waals surface area contributed by atoms with Crippen LogP contribution in [0.1, 0.15) is 43.9 Å². The largest absolute Gasteiger partial charge is 0.454 e. The van der Waals surface area contributed by atoms with Gasteiger partial charge in [0.1, 0.15) is 11.4 Å². The molecule has 3 heterocycles. The molecule has 0 amide bonds. The SMILES string of the molecule is CC1(C)OCCCC(c2ccccc2)n2ccc(n2)-c2cccc(c2)Oc2c(F)cc3[nH]ccc3c2CN(N)/C=C/1N. The molecule has 1 aliphatic rings. The van der Waals surface area contributed by atoms with E-state index in [4.69, 9.17) is 26.1 Å². The molecular weight excluding hydrogens is 531 g/mol. The normalized spacial score (nSPS) is 19.1. The summed E-state index contributed by atoms with van der Waals surface area (Å²) in [6.07, 6.45) is 7.01. The van der Waals surface area contributed by atoms with Gasteiger partial charge >= 0.3 is 0 Å². The Hall–Kier alpha value is -4.60. The third-order valence-electron chi connectivity index (χ3n) is 7.75. The van der Waals surface area contributed by atoms with Gasteiger partial charge in [0.05, 0.1) is 24.0 Å². The van der Waals surface area contributed by atoms with Crippen LogP contribution >= 0.6 is 0 Å². The third-order valence-corrected chi connectivity index (χ3v) is 7.75. The standard InChI is InChI=1S/C33H35FN6O2/c1-33(2)31(35)21-39(36)20-26-25-13-15-37-29(25)19-27(34)32(26)42-24-11-6-10-23(18-24)28-14-16-40(38-28)30(12-7-17-41-33)22-8-4-3-5-9-22/h3-6,8-11,13-16,18-19,21,30,37H,7,12,17,20,35-36H2,1-2H3/b31-21-. The van der Waals surface area contributed by atoms with Crippen molar-refractivity contribution in [3.05, 3.63) is 114 Å². The highest BCUT2D eigenvalue weighted by atomic mass is 19.1. The van der Waals surface area contributed by atoms with E-state index in [2.05, 4.69) is 17.1 Å². The van der Waals surface area contributed by atoms with Crippen LogP contribution in [-0.4, -0.2) is 32.0 Å². The van der Waals surface area contributed by atoms with Crippen LogP contribution in [0.5, 0.6) is 11.5 Å². The highest BCUT2D eigenvalue weighted by molar-refractivity contribution is 5.85. The average Bonchev–Trinajstić information content (AvgIpc) is 3.65. The minimum Gasteiger partial charge on any atom is -0.454 e. The van der Waals surface area contributed by atoms with Crippen LogP contribution < -0.4 is 16.3 Å². The lowest BCUT2D eigenvalue weighted by Gasteiger charge is -2.28. The number of hydrazine groups is 1. The van der Waals surface area contributed by atoms with Gasteiger partial charge in [0.2, 0.25) is 0 Å². The van der Waals surface area contributed by atoms with Crippen molar-refractivity contribution in [2.75, 3.05) is 6.61 Å². The number of aromatic nitrogens is 3. The van der Waals surface area contributed by atoms with Crippen LogP contribution in [0.3, 0.4) is 0 Å². The van der Waals surface area contributed by atoms with Gasteiger partial charge in [-0.2, -0.15) is 5.10 Å². The fourth-order valence-electron chi connectivity index (χ4n) is 5.37. The summed E-state index contributed by atoms with van der Waals surface area (Å²) < 4.78 is 30.1. The number of hydrogen-bond acceptors (Lipinski definition) is 6. The molecule has 8 nitrogen and oxygen atoms in total. The van der Waals surface area contributed by atoms with Crippen molar-refractivity contribution in [3.63, 3.8) is 0 Å². The zero-order chi connectivity index (χ0) is 29.3. The maximum Gasteiger partial charge on any atom is 0.168 e. The first-order chi connectivity index (χ1) is 20.3. The predicted molar refractivity (Wildman–Crippen MR) is 162 cm³/mol. The Balaban J connectivity index is 1.44. The first-order valence-electron chi connectivity index (χ1n) is 14.1. The van der Waals surface area contributed by atoms with Crippen molar-refractivity contribution >= 4 is 10.9 Å². The van der Waals surface area contributed by atoms with E-state index in [9.17, 15) is 0 Å². The van der Waals surface area contributed by atoms with E-state index in [1.165, 1.54) is 11.1 Å². The molecule has 0 spiro atoms. The number of ether oxygens (including phenoxy) is 2. The molecule has 5 aromatic rings. The molecule has 4 bridgehead atoms. The summed E-state index contributed by atoms with van der Waals surface area (Å²) in [6.45, 7) is 4.48. The molecule has 0 radical (unpaired) electrons.